The molecule has 0 bridgehead atoms. The van der Waals surface area contributed by atoms with Gasteiger partial charge in [-0.3, -0.25) is 0 Å². The smallest absolute Gasteiger partial charge is 0.191 e. The average Bonchev–Trinajstić information content (AvgIpc) is 2.61. The number of guanidine groups is 1. The van der Waals surface area contributed by atoms with Crippen LogP contribution in [0, 0.1) is 5.82 Å². The summed E-state index contributed by atoms with van der Waals surface area (Å²) in [5.74, 6) is 0.546. The maximum absolute atomic E-state index is 12.9. The molecule has 1 fully saturated rings. The molecule has 5 nitrogen and oxygen atoms in total. The maximum Gasteiger partial charge on any atom is 0.191 e. The molecule has 24 heavy (non-hydrogen) atoms. The van der Waals surface area contributed by atoms with Gasteiger partial charge < -0.3 is 20.1 Å². The van der Waals surface area contributed by atoms with E-state index in [4.69, 9.17) is 9.47 Å². The van der Waals surface area contributed by atoms with Crippen molar-refractivity contribution in [1.29, 1.82) is 0 Å². The molecule has 6 heteroatoms. The van der Waals surface area contributed by atoms with E-state index in [1.54, 1.807) is 12.1 Å². The van der Waals surface area contributed by atoms with Gasteiger partial charge in [0, 0.05) is 32.9 Å². The van der Waals surface area contributed by atoms with Gasteiger partial charge >= 0.3 is 0 Å². The van der Waals surface area contributed by atoms with Crippen molar-refractivity contribution in [1.82, 2.24) is 10.6 Å². The van der Waals surface area contributed by atoms with Crippen LogP contribution in [0.2, 0.25) is 0 Å². The highest BCUT2D eigenvalue weighted by Crippen LogP contribution is 2.10. The molecule has 1 saturated heterocycles. The minimum absolute atomic E-state index is 0.225. The van der Waals surface area contributed by atoms with Crippen molar-refractivity contribution in [3.05, 3.63) is 35.6 Å². The zero-order chi connectivity index (χ0) is 17.0. The molecular weight excluding hydrogens is 309 g/mol. The predicted molar refractivity (Wildman–Crippen MR) is 93.6 cm³/mol. The average molecular weight is 337 g/mol. The summed E-state index contributed by atoms with van der Waals surface area (Å²) in [6.45, 7) is 6.52. The molecular formula is C18H28FN3O2. The molecule has 0 saturated carbocycles. The van der Waals surface area contributed by atoms with Gasteiger partial charge in [0.15, 0.2) is 5.96 Å². The Labute approximate surface area is 143 Å². The van der Waals surface area contributed by atoms with Crippen LogP contribution in [0.5, 0.6) is 0 Å². The van der Waals surface area contributed by atoms with E-state index in [1.807, 2.05) is 6.92 Å². The van der Waals surface area contributed by atoms with Crippen LogP contribution in [-0.2, 0) is 16.0 Å². The van der Waals surface area contributed by atoms with E-state index in [2.05, 4.69) is 15.6 Å². The number of rotatable bonds is 8. The fourth-order valence-electron chi connectivity index (χ4n) is 2.47. The SMILES string of the molecule is CCNC(=NCc1ccc(F)cc1)NCCCOC1CCOCC1. The number of halogens is 1. The summed E-state index contributed by atoms with van der Waals surface area (Å²) < 4.78 is 24.1. The second-order valence-corrected chi connectivity index (χ2v) is 5.78. The van der Waals surface area contributed by atoms with Gasteiger partial charge in [0.1, 0.15) is 5.82 Å². The molecule has 1 aromatic rings. The molecule has 0 aromatic heterocycles. The minimum atomic E-state index is -0.225. The van der Waals surface area contributed by atoms with Gasteiger partial charge in [-0.15, -0.1) is 0 Å². The molecule has 1 aliphatic heterocycles. The second kappa shape index (κ2) is 11.0. The van der Waals surface area contributed by atoms with Crippen molar-refractivity contribution in [3.63, 3.8) is 0 Å². The van der Waals surface area contributed by atoms with Crippen LogP contribution < -0.4 is 10.6 Å². The standard InChI is InChI=1S/C18H28FN3O2/c1-2-20-18(22-14-15-4-6-16(19)7-5-15)21-10-3-11-24-17-8-12-23-13-9-17/h4-7,17H,2-3,8-14H2,1H3,(H2,20,21,22). The first-order valence-electron chi connectivity index (χ1n) is 8.74. The predicted octanol–water partition coefficient (Wildman–Crippen LogP) is 2.47. The van der Waals surface area contributed by atoms with Crippen molar-refractivity contribution in [3.8, 4) is 0 Å². The molecule has 0 amide bonds. The van der Waals surface area contributed by atoms with Gasteiger partial charge in [0.2, 0.25) is 0 Å². The Morgan fingerprint density at radius 2 is 2.00 bits per heavy atom. The molecule has 0 radical (unpaired) electrons. The second-order valence-electron chi connectivity index (χ2n) is 5.78. The first-order valence-corrected chi connectivity index (χ1v) is 8.74. The minimum Gasteiger partial charge on any atom is -0.381 e. The van der Waals surface area contributed by atoms with Gasteiger partial charge in [0.05, 0.1) is 12.6 Å². The fourth-order valence-corrected chi connectivity index (χ4v) is 2.47. The van der Waals surface area contributed by atoms with E-state index >= 15 is 0 Å². The van der Waals surface area contributed by atoms with Crippen molar-refractivity contribution < 1.29 is 13.9 Å². The van der Waals surface area contributed by atoms with Gasteiger partial charge in [0.25, 0.3) is 0 Å². The zero-order valence-corrected chi connectivity index (χ0v) is 14.4. The van der Waals surface area contributed by atoms with Crippen LogP contribution in [0.3, 0.4) is 0 Å². The van der Waals surface area contributed by atoms with Crippen molar-refractivity contribution >= 4 is 5.96 Å². The van der Waals surface area contributed by atoms with E-state index < -0.39 is 0 Å². The Morgan fingerprint density at radius 1 is 1.25 bits per heavy atom. The highest BCUT2D eigenvalue weighted by molar-refractivity contribution is 5.79. The summed E-state index contributed by atoms with van der Waals surface area (Å²) >= 11 is 0. The van der Waals surface area contributed by atoms with Crippen LogP contribution >= 0.6 is 0 Å². The highest BCUT2D eigenvalue weighted by Gasteiger charge is 2.13. The lowest BCUT2D eigenvalue weighted by Crippen LogP contribution is -2.38. The number of benzene rings is 1. The molecule has 0 unspecified atom stereocenters. The molecule has 2 rings (SSSR count). The first kappa shape index (κ1) is 18.7. The highest BCUT2D eigenvalue weighted by atomic mass is 19.1. The largest absolute Gasteiger partial charge is 0.381 e. The van der Waals surface area contributed by atoms with Crippen LogP contribution in [0.1, 0.15) is 31.7 Å². The molecule has 1 heterocycles. The molecule has 0 aliphatic carbocycles. The summed E-state index contributed by atoms with van der Waals surface area (Å²) in [6.07, 6.45) is 3.27. The number of hydrogen-bond acceptors (Lipinski definition) is 3. The zero-order valence-electron chi connectivity index (χ0n) is 14.4. The Balaban J connectivity index is 1.66. The Bertz CT molecular complexity index is 488. The van der Waals surface area contributed by atoms with E-state index in [1.165, 1.54) is 12.1 Å². The maximum atomic E-state index is 12.9. The molecule has 2 N–H and O–H groups in total. The lowest BCUT2D eigenvalue weighted by Gasteiger charge is -2.22. The quantitative estimate of drug-likeness (QED) is 0.435. The Morgan fingerprint density at radius 3 is 2.71 bits per heavy atom. The molecule has 0 atom stereocenters. The third kappa shape index (κ3) is 7.27. The summed E-state index contributed by atoms with van der Waals surface area (Å²) in [4.78, 5) is 4.52. The molecule has 1 aliphatic rings. The topological polar surface area (TPSA) is 54.9 Å². The monoisotopic (exact) mass is 337 g/mol. The van der Waals surface area contributed by atoms with Gasteiger partial charge in [-0.05, 0) is 43.9 Å². The third-order valence-corrected chi connectivity index (χ3v) is 3.81. The van der Waals surface area contributed by atoms with Gasteiger partial charge in [-0.25, -0.2) is 9.38 Å². The Hall–Kier alpha value is -1.66. The first-order chi connectivity index (χ1) is 11.8. The fraction of sp³-hybridized carbons (Fsp3) is 0.611. The van der Waals surface area contributed by atoms with Crippen LogP contribution in [0.4, 0.5) is 4.39 Å². The van der Waals surface area contributed by atoms with Crippen LogP contribution in [-0.4, -0.2) is 45.0 Å². The normalized spacial score (nSPS) is 16.2. The lowest BCUT2D eigenvalue weighted by atomic mass is 10.1. The Kier molecular flexibility index (Phi) is 8.55. The van der Waals surface area contributed by atoms with Crippen LogP contribution in [0.25, 0.3) is 0 Å². The number of nitrogens with one attached hydrogen (secondary N) is 2. The summed E-state index contributed by atoms with van der Waals surface area (Å²) in [6, 6.07) is 6.42. The van der Waals surface area contributed by atoms with Crippen LogP contribution in [0.15, 0.2) is 29.3 Å². The van der Waals surface area contributed by atoms with E-state index in [0.29, 0.717) is 12.6 Å². The number of nitrogens with zero attached hydrogens (tertiary/aromatic N) is 1. The summed E-state index contributed by atoms with van der Waals surface area (Å²) in [7, 11) is 0. The van der Waals surface area contributed by atoms with Crippen molar-refractivity contribution in [2.75, 3.05) is 32.9 Å². The molecule has 0 spiro atoms. The summed E-state index contributed by atoms with van der Waals surface area (Å²) in [5.41, 5.74) is 0.983. The third-order valence-electron chi connectivity index (χ3n) is 3.81. The molecule has 1 aromatic carbocycles. The van der Waals surface area contributed by atoms with Gasteiger partial charge in [-0.1, -0.05) is 12.1 Å². The summed E-state index contributed by atoms with van der Waals surface area (Å²) in [5, 5.41) is 6.51. The van der Waals surface area contributed by atoms with E-state index in [-0.39, 0.29) is 5.82 Å². The molecule has 134 valence electrons. The van der Waals surface area contributed by atoms with E-state index in [0.717, 1.165) is 63.7 Å². The van der Waals surface area contributed by atoms with Gasteiger partial charge in [-0.2, -0.15) is 0 Å². The van der Waals surface area contributed by atoms with E-state index in [9.17, 15) is 4.39 Å². The number of hydrogen-bond donors (Lipinski definition) is 2. The number of aliphatic imine (C=N–C) groups is 1. The van der Waals surface area contributed by atoms with Crippen molar-refractivity contribution in [2.45, 2.75) is 38.8 Å². The lowest BCUT2D eigenvalue weighted by molar-refractivity contribution is -0.0320. The number of ether oxygens (including phenoxy) is 2. The van der Waals surface area contributed by atoms with Crippen molar-refractivity contribution in [2.24, 2.45) is 4.99 Å².